The van der Waals surface area contributed by atoms with E-state index in [4.69, 9.17) is 10.8 Å². The molecule has 0 saturated heterocycles. The molecule has 0 aromatic heterocycles. The monoisotopic (exact) mass is 454 g/mol. The van der Waals surface area contributed by atoms with E-state index in [1.54, 1.807) is 28.8 Å². The Balaban J connectivity index is 1.73. The molecule has 3 rings (SSSR count). The maximum absolute atomic E-state index is 12.9. The van der Waals surface area contributed by atoms with Crippen molar-refractivity contribution in [2.24, 2.45) is 10.8 Å². The van der Waals surface area contributed by atoms with Crippen molar-refractivity contribution in [1.82, 2.24) is 5.43 Å². The molecule has 3 amide bonds. The molecule has 0 atom stereocenters. The van der Waals surface area contributed by atoms with Crippen LogP contribution in [0.3, 0.4) is 0 Å². The number of urea groups is 1. The highest BCUT2D eigenvalue weighted by Crippen LogP contribution is 2.33. The Morgan fingerprint density at radius 3 is 2.56 bits per heavy atom. The number of rotatable bonds is 10. The highest BCUT2D eigenvalue weighted by molar-refractivity contribution is 7.99. The van der Waals surface area contributed by atoms with Gasteiger partial charge in [-0.25, -0.2) is 15.0 Å². The molecule has 0 bridgehead atoms. The van der Waals surface area contributed by atoms with Gasteiger partial charge in [-0.05, 0) is 48.7 Å². The van der Waals surface area contributed by atoms with Gasteiger partial charge in [0.05, 0.1) is 11.3 Å². The highest BCUT2D eigenvalue weighted by Gasteiger charge is 2.34. The van der Waals surface area contributed by atoms with Gasteiger partial charge in [-0.15, -0.1) is 11.8 Å². The van der Waals surface area contributed by atoms with Crippen molar-refractivity contribution in [3.05, 3.63) is 59.2 Å². The number of nitrogens with two attached hydrogens (primary N) is 1. The number of aryl methyl sites for hydroxylation is 1. The molecule has 1 aliphatic heterocycles. The number of benzene rings is 2. The van der Waals surface area contributed by atoms with E-state index >= 15 is 0 Å². The van der Waals surface area contributed by atoms with Gasteiger partial charge in [0.2, 0.25) is 0 Å². The van der Waals surface area contributed by atoms with Gasteiger partial charge in [0.15, 0.2) is 5.71 Å². The van der Waals surface area contributed by atoms with Gasteiger partial charge in [-0.2, -0.15) is 5.10 Å². The maximum Gasteiger partial charge on any atom is 0.335 e. The molecule has 0 spiro atoms. The van der Waals surface area contributed by atoms with Crippen molar-refractivity contribution in [1.29, 1.82) is 0 Å². The standard InChI is InChI=1S/C23H26N4O4S/c1-2-3-4-12-27-19-10-9-17(14-18(19)20(21(27)28)25-26-23(24)31)32-13-11-15-5-7-16(8-6-15)22(29)30/h5-10,14H,2-4,11-13H2,1H3,(H,29,30)(H3,24,26,31)/b25-20+. The first-order chi connectivity index (χ1) is 15.4. The Morgan fingerprint density at radius 1 is 1.16 bits per heavy atom. The molecular weight excluding hydrogens is 428 g/mol. The number of nitrogens with zero attached hydrogens (tertiary/aromatic N) is 2. The topological polar surface area (TPSA) is 125 Å². The second-order valence-corrected chi connectivity index (χ2v) is 8.55. The molecular formula is C23H26N4O4S. The molecule has 0 unspecified atom stereocenters. The number of fused-ring (bicyclic) bond motifs is 1. The lowest BCUT2D eigenvalue weighted by atomic mass is 10.1. The van der Waals surface area contributed by atoms with Gasteiger partial charge >= 0.3 is 12.0 Å². The fourth-order valence-corrected chi connectivity index (χ4v) is 4.38. The van der Waals surface area contributed by atoms with E-state index in [0.717, 1.165) is 47.6 Å². The Labute approximate surface area is 190 Å². The van der Waals surface area contributed by atoms with Crippen molar-refractivity contribution in [2.45, 2.75) is 37.5 Å². The van der Waals surface area contributed by atoms with Crippen LogP contribution in [-0.2, 0) is 11.2 Å². The number of primary amides is 1. The summed E-state index contributed by atoms with van der Waals surface area (Å²) < 4.78 is 0. The molecule has 1 heterocycles. The molecule has 32 heavy (non-hydrogen) atoms. The second-order valence-electron chi connectivity index (χ2n) is 7.38. The van der Waals surface area contributed by atoms with Gasteiger partial charge in [0.25, 0.3) is 5.91 Å². The first-order valence-corrected chi connectivity index (χ1v) is 11.4. The van der Waals surface area contributed by atoms with Crippen LogP contribution in [0, 0.1) is 0 Å². The van der Waals surface area contributed by atoms with Crippen LogP contribution in [0.15, 0.2) is 52.5 Å². The van der Waals surface area contributed by atoms with Gasteiger partial charge < -0.3 is 15.7 Å². The third-order valence-corrected chi connectivity index (χ3v) is 6.08. The molecule has 9 heteroatoms. The lowest BCUT2D eigenvalue weighted by Crippen LogP contribution is -2.33. The number of hydrazone groups is 1. The molecule has 1 aliphatic rings. The zero-order chi connectivity index (χ0) is 23.1. The van der Waals surface area contributed by atoms with Crippen LogP contribution < -0.4 is 16.1 Å². The van der Waals surface area contributed by atoms with E-state index < -0.39 is 12.0 Å². The van der Waals surface area contributed by atoms with E-state index in [1.165, 1.54) is 0 Å². The summed E-state index contributed by atoms with van der Waals surface area (Å²) in [7, 11) is 0. The number of hydrogen-bond acceptors (Lipinski definition) is 5. The molecule has 2 aromatic carbocycles. The van der Waals surface area contributed by atoms with E-state index in [9.17, 15) is 14.4 Å². The molecule has 0 saturated carbocycles. The number of hydrogen-bond donors (Lipinski definition) is 3. The van der Waals surface area contributed by atoms with Gasteiger partial charge in [0, 0.05) is 22.8 Å². The number of unbranched alkanes of at least 4 members (excludes halogenated alkanes) is 2. The lowest BCUT2D eigenvalue weighted by molar-refractivity contribution is -0.112. The normalized spacial score (nSPS) is 14.0. The average Bonchev–Trinajstić information content (AvgIpc) is 3.03. The van der Waals surface area contributed by atoms with Crippen molar-refractivity contribution < 1.29 is 19.5 Å². The summed E-state index contributed by atoms with van der Waals surface area (Å²) in [6.45, 7) is 2.70. The predicted octanol–water partition coefficient (Wildman–Crippen LogP) is 3.63. The van der Waals surface area contributed by atoms with Crippen LogP contribution >= 0.6 is 11.8 Å². The van der Waals surface area contributed by atoms with Crippen molar-refractivity contribution in [2.75, 3.05) is 17.2 Å². The summed E-state index contributed by atoms with van der Waals surface area (Å²) in [6.07, 6.45) is 3.73. The van der Waals surface area contributed by atoms with Gasteiger partial charge in [-0.1, -0.05) is 31.9 Å². The maximum atomic E-state index is 12.9. The van der Waals surface area contributed by atoms with Gasteiger partial charge in [0.1, 0.15) is 0 Å². The predicted molar refractivity (Wildman–Crippen MR) is 125 cm³/mol. The molecule has 168 valence electrons. The first-order valence-electron chi connectivity index (χ1n) is 10.4. The smallest absolute Gasteiger partial charge is 0.335 e. The van der Waals surface area contributed by atoms with Crippen LogP contribution in [-0.4, -0.2) is 41.0 Å². The minimum absolute atomic E-state index is 0.182. The molecule has 8 nitrogen and oxygen atoms in total. The Morgan fingerprint density at radius 2 is 1.91 bits per heavy atom. The SMILES string of the molecule is CCCCCN1C(=O)/C(=N/NC(N)=O)c2cc(SCCc3ccc(C(=O)O)cc3)ccc21. The largest absolute Gasteiger partial charge is 0.478 e. The number of amides is 3. The average molecular weight is 455 g/mol. The molecule has 0 fully saturated rings. The number of nitrogens with one attached hydrogen (secondary N) is 1. The zero-order valence-electron chi connectivity index (χ0n) is 17.8. The summed E-state index contributed by atoms with van der Waals surface area (Å²) in [5, 5.41) is 13.0. The number of carboxylic acid groups (broad SMARTS) is 1. The summed E-state index contributed by atoms with van der Waals surface area (Å²) in [4.78, 5) is 37.7. The third-order valence-electron chi connectivity index (χ3n) is 5.09. The van der Waals surface area contributed by atoms with E-state index in [-0.39, 0.29) is 17.2 Å². The molecule has 4 N–H and O–H groups in total. The third kappa shape index (κ3) is 5.67. The van der Waals surface area contributed by atoms with E-state index in [1.807, 2.05) is 30.3 Å². The fourth-order valence-electron chi connectivity index (χ4n) is 3.44. The second kappa shape index (κ2) is 10.8. The van der Waals surface area contributed by atoms with Crippen molar-refractivity contribution >= 4 is 41.1 Å². The number of anilines is 1. The minimum Gasteiger partial charge on any atom is -0.478 e. The summed E-state index contributed by atoms with van der Waals surface area (Å²) in [6, 6.07) is 11.8. The number of carbonyl (C=O) groups excluding carboxylic acids is 2. The molecule has 0 aliphatic carbocycles. The van der Waals surface area contributed by atoms with Crippen molar-refractivity contribution in [3.63, 3.8) is 0 Å². The molecule has 2 aromatic rings. The van der Waals surface area contributed by atoms with Gasteiger partial charge in [-0.3, -0.25) is 4.79 Å². The van der Waals surface area contributed by atoms with Crippen LogP contribution in [0.2, 0.25) is 0 Å². The quantitative estimate of drug-likeness (QED) is 0.287. The number of carboxylic acids is 1. The van der Waals surface area contributed by atoms with Crippen LogP contribution in [0.4, 0.5) is 10.5 Å². The minimum atomic E-state index is -0.939. The molecule has 0 radical (unpaired) electrons. The first kappa shape index (κ1) is 23.3. The number of thioether (sulfide) groups is 1. The number of aromatic carboxylic acids is 1. The Kier molecular flexibility index (Phi) is 7.88. The van der Waals surface area contributed by atoms with Crippen molar-refractivity contribution in [3.8, 4) is 0 Å². The lowest BCUT2D eigenvalue weighted by Gasteiger charge is -2.16. The summed E-state index contributed by atoms with van der Waals surface area (Å²) in [5.74, 6) is -0.401. The summed E-state index contributed by atoms with van der Waals surface area (Å²) >= 11 is 1.63. The highest BCUT2D eigenvalue weighted by atomic mass is 32.2. The van der Waals surface area contributed by atoms with E-state index in [2.05, 4.69) is 17.5 Å². The number of carbonyl (C=O) groups is 3. The zero-order valence-corrected chi connectivity index (χ0v) is 18.7. The van der Waals surface area contributed by atoms with Crippen LogP contribution in [0.25, 0.3) is 0 Å². The van der Waals surface area contributed by atoms with Crippen LogP contribution in [0.5, 0.6) is 0 Å². The Bertz CT molecular complexity index is 1040. The Hall–Kier alpha value is -3.33. The van der Waals surface area contributed by atoms with E-state index in [0.29, 0.717) is 12.1 Å². The van der Waals surface area contributed by atoms with Crippen LogP contribution in [0.1, 0.15) is 47.7 Å². The summed E-state index contributed by atoms with van der Waals surface area (Å²) in [5.41, 5.74) is 10.3. The fraction of sp³-hybridized carbons (Fsp3) is 0.304.